The molecule has 0 bridgehead atoms. The van der Waals surface area contributed by atoms with Crippen LogP contribution in [0.1, 0.15) is 16.4 Å². The molecule has 0 unspecified atom stereocenters. The number of nitrogens with zero attached hydrogens (tertiary/aromatic N) is 2. The molecule has 2 heterocycles. The Hall–Kier alpha value is -1.91. The fourth-order valence-electron chi connectivity index (χ4n) is 1.05. The van der Waals surface area contributed by atoms with E-state index in [0.717, 1.165) is 0 Å². The van der Waals surface area contributed by atoms with E-state index in [4.69, 9.17) is 9.52 Å². The van der Waals surface area contributed by atoms with Crippen LogP contribution in [0.5, 0.6) is 0 Å². The number of rotatable bonds is 1. The fraction of sp³-hybridized carbons (Fsp3) is 0.125. The number of aromatic carboxylic acids is 1. The van der Waals surface area contributed by atoms with Gasteiger partial charge in [0.25, 0.3) is 0 Å². The second-order valence-electron chi connectivity index (χ2n) is 2.56. The molecule has 2 aromatic heterocycles. The summed E-state index contributed by atoms with van der Waals surface area (Å²) in [6.45, 7) is 1.68. The van der Waals surface area contributed by atoms with Gasteiger partial charge in [-0.15, -0.1) is 0 Å². The average molecular weight is 178 g/mol. The molecule has 1 N–H and O–H groups in total. The highest BCUT2D eigenvalue weighted by Gasteiger charge is 2.08. The first-order chi connectivity index (χ1) is 6.16. The van der Waals surface area contributed by atoms with Crippen LogP contribution in [0.2, 0.25) is 0 Å². The number of oxazole rings is 1. The van der Waals surface area contributed by atoms with Gasteiger partial charge in [0.05, 0.1) is 0 Å². The molecule has 0 aliphatic heterocycles. The molecule has 0 aliphatic rings. The Balaban J connectivity index is 2.67. The van der Waals surface area contributed by atoms with E-state index in [0.29, 0.717) is 17.1 Å². The zero-order valence-corrected chi connectivity index (χ0v) is 6.81. The van der Waals surface area contributed by atoms with E-state index in [2.05, 4.69) is 9.97 Å². The molecule has 0 aromatic carbocycles. The van der Waals surface area contributed by atoms with Crippen LogP contribution in [0.25, 0.3) is 11.2 Å². The Morgan fingerprint density at radius 3 is 2.92 bits per heavy atom. The summed E-state index contributed by atoms with van der Waals surface area (Å²) < 4.78 is 5.14. The number of hydrogen-bond donors (Lipinski definition) is 1. The van der Waals surface area contributed by atoms with Crippen LogP contribution in [0.3, 0.4) is 0 Å². The molecule has 66 valence electrons. The molecular formula is C8H6N2O3. The quantitative estimate of drug-likeness (QED) is 0.710. The van der Waals surface area contributed by atoms with Gasteiger partial charge in [-0.3, -0.25) is 0 Å². The maximum Gasteiger partial charge on any atom is 0.354 e. The van der Waals surface area contributed by atoms with Crippen molar-refractivity contribution >= 4 is 17.2 Å². The summed E-state index contributed by atoms with van der Waals surface area (Å²) in [5.74, 6) is -0.590. The molecule has 0 amide bonds. The van der Waals surface area contributed by atoms with Crippen molar-refractivity contribution in [1.29, 1.82) is 0 Å². The van der Waals surface area contributed by atoms with Gasteiger partial charge in [0, 0.05) is 6.92 Å². The molecule has 0 saturated carbocycles. The third-order valence-corrected chi connectivity index (χ3v) is 1.58. The maximum absolute atomic E-state index is 10.5. The van der Waals surface area contributed by atoms with Crippen LogP contribution in [-0.4, -0.2) is 21.0 Å². The number of carbonyl (C=O) groups is 1. The van der Waals surface area contributed by atoms with Crippen molar-refractivity contribution in [2.24, 2.45) is 0 Å². The topological polar surface area (TPSA) is 76.2 Å². The number of aromatic nitrogens is 2. The number of pyridine rings is 1. The zero-order chi connectivity index (χ0) is 9.42. The Morgan fingerprint density at radius 1 is 1.46 bits per heavy atom. The van der Waals surface area contributed by atoms with Gasteiger partial charge >= 0.3 is 5.97 Å². The summed E-state index contributed by atoms with van der Waals surface area (Å²) in [6, 6.07) is 2.93. The van der Waals surface area contributed by atoms with E-state index >= 15 is 0 Å². The highest BCUT2D eigenvalue weighted by atomic mass is 16.4. The minimum Gasteiger partial charge on any atom is -0.477 e. The molecule has 0 radical (unpaired) electrons. The normalized spacial score (nSPS) is 10.5. The van der Waals surface area contributed by atoms with Crippen LogP contribution in [0.4, 0.5) is 0 Å². The molecule has 0 saturated heterocycles. The third-order valence-electron chi connectivity index (χ3n) is 1.58. The van der Waals surface area contributed by atoms with Gasteiger partial charge in [0.1, 0.15) is 0 Å². The third kappa shape index (κ3) is 1.24. The Kier molecular flexibility index (Phi) is 1.51. The lowest BCUT2D eigenvalue weighted by Gasteiger charge is -1.90. The molecule has 2 aromatic rings. The first-order valence-corrected chi connectivity index (χ1v) is 3.64. The first-order valence-electron chi connectivity index (χ1n) is 3.64. The number of fused-ring (bicyclic) bond motifs is 1. The smallest absolute Gasteiger partial charge is 0.354 e. The maximum atomic E-state index is 10.5. The summed E-state index contributed by atoms with van der Waals surface area (Å²) in [5.41, 5.74) is 0.806. The standard InChI is InChI=1S/C8H6N2O3/c1-4-9-7-6(13-4)3-2-5(10-7)8(11)12/h2-3H,1H3,(H,11,12). The lowest BCUT2D eigenvalue weighted by molar-refractivity contribution is 0.0691. The molecule has 2 rings (SSSR count). The molecule has 0 spiro atoms. The number of aryl methyl sites for hydroxylation is 1. The molecule has 0 aliphatic carbocycles. The summed E-state index contributed by atoms with van der Waals surface area (Å²) in [4.78, 5) is 18.2. The predicted octanol–water partition coefficient (Wildman–Crippen LogP) is 1.23. The van der Waals surface area contributed by atoms with Crippen LogP contribution in [-0.2, 0) is 0 Å². The highest BCUT2D eigenvalue weighted by Crippen LogP contribution is 2.12. The summed E-state index contributed by atoms with van der Waals surface area (Å²) in [7, 11) is 0. The summed E-state index contributed by atoms with van der Waals surface area (Å²) in [5, 5.41) is 8.63. The van der Waals surface area contributed by atoms with Crippen molar-refractivity contribution in [3.05, 3.63) is 23.7 Å². The molecule has 5 nitrogen and oxygen atoms in total. The van der Waals surface area contributed by atoms with Gasteiger partial charge in [-0.1, -0.05) is 0 Å². The Morgan fingerprint density at radius 2 is 2.23 bits per heavy atom. The van der Waals surface area contributed by atoms with E-state index in [1.807, 2.05) is 0 Å². The van der Waals surface area contributed by atoms with E-state index in [1.54, 1.807) is 13.0 Å². The number of carboxylic acids is 1. The van der Waals surface area contributed by atoms with Gasteiger partial charge in [-0.2, -0.15) is 4.98 Å². The van der Waals surface area contributed by atoms with Gasteiger partial charge in [0.15, 0.2) is 22.8 Å². The molecule has 0 atom stereocenters. The largest absolute Gasteiger partial charge is 0.477 e. The molecule has 0 fully saturated rings. The highest BCUT2D eigenvalue weighted by molar-refractivity contribution is 5.87. The minimum atomic E-state index is -1.07. The van der Waals surface area contributed by atoms with Crippen LogP contribution < -0.4 is 0 Å². The molecule has 5 heteroatoms. The Labute approximate surface area is 73.0 Å². The van der Waals surface area contributed by atoms with Gasteiger partial charge in [0.2, 0.25) is 0 Å². The van der Waals surface area contributed by atoms with E-state index < -0.39 is 5.97 Å². The lowest BCUT2D eigenvalue weighted by atomic mass is 10.3. The monoisotopic (exact) mass is 178 g/mol. The molecule has 13 heavy (non-hydrogen) atoms. The average Bonchev–Trinajstić information content (AvgIpc) is 2.42. The predicted molar refractivity (Wildman–Crippen MR) is 43.5 cm³/mol. The van der Waals surface area contributed by atoms with Crippen molar-refractivity contribution in [1.82, 2.24) is 9.97 Å². The van der Waals surface area contributed by atoms with Crippen LogP contribution in [0.15, 0.2) is 16.5 Å². The van der Waals surface area contributed by atoms with E-state index in [9.17, 15) is 4.79 Å². The van der Waals surface area contributed by atoms with Gasteiger partial charge < -0.3 is 9.52 Å². The van der Waals surface area contributed by atoms with E-state index in [-0.39, 0.29) is 5.69 Å². The van der Waals surface area contributed by atoms with Crippen LogP contribution >= 0.6 is 0 Å². The minimum absolute atomic E-state index is 0.0270. The zero-order valence-electron chi connectivity index (χ0n) is 6.81. The lowest BCUT2D eigenvalue weighted by Crippen LogP contribution is -1.99. The van der Waals surface area contributed by atoms with Crippen molar-refractivity contribution in [2.45, 2.75) is 6.92 Å². The SMILES string of the molecule is Cc1nc2nc(C(=O)O)ccc2o1. The first kappa shape index (κ1) is 7.72. The Bertz CT molecular complexity index is 475. The molecular weight excluding hydrogens is 172 g/mol. The van der Waals surface area contributed by atoms with Crippen molar-refractivity contribution in [2.75, 3.05) is 0 Å². The van der Waals surface area contributed by atoms with Gasteiger partial charge in [-0.05, 0) is 12.1 Å². The van der Waals surface area contributed by atoms with Gasteiger partial charge in [-0.25, -0.2) is 9.78 Å². The van der Waals surface area contributed by atoms with Crippen molar-refractivity contribution in [3.8, 4) is 0 Å². The number of hydrogen-bond acceptors (Lipinski definition) is 4. The summed E-state index contributed by atoms with van der Waals surface area (Å²) >= 11 is 0. The summed E-state index contributed by atoms with van der Waals surface area (Å²) in [6.07, 6.45) is 0. The second-order valence-corrected chi connectivity index (χ2v) is 2.56. The van der Waals surface area contributed by atoms with Crippen molar-refractivity contribution in [3.63, 3.8) is 0 Å². The van der Waals surface area contributed by atoms with Crippen LogP contribution in [0, 0.1) is 6.92 Å². The van der Waals surface area contributed by atoms with E-state index in [1.165, 1.54) is 6.07 Å². The van der Waals surface area contributed by atoms with Crippen molar-refractivity contribution < 1.29 is 14.3 Å². The second kappa shape index (κ2) is 2.55. The fourth-order valence-corrected chi connectivity index (χ4v) is 1.05. The number of carboxylic acid groups (broad SMARTS) is 1.